The maximum Gasteiger partial charge on any atom is 0.409 e. The van der Waals surface area contributed by atoms with E-state index in [0.29, 0.717) is 12.1 Å². The van der Waals surface area contributed by atoms with E-state index < -0.39 is 29.8 Å². The molecule has 2 rings (SSSR count). The highest BCUT2D eigenvalue weighted by atomic mass is 16.6. The van der Waals surface area contributed by atoms with Gasteiger partial charge in [0.1, 0.15) is 6.04 Å². The summed E-state index contributed by atoms with van der Waals surface area (Å²) in [5, 5.41) is 30.2. The van der Waals surface area contributed by atoms with Crippen LogP contribution in [0.5, 0.6) is 11.5 Å². The third kappa shape index (κ3) is 5.66. The smallest absolute Gasteiger partial charge is 0.409 e. The number of carboxylic acid groups (broad SMARTS) is 1. The lowest BCUT2D eigenvalue weighted by Gasteiger charge is -2.22. The Labute approximate surface area is 154 Å². The van der Waals surface area contributed by atoms with Crippen molar-refractivity contribution in [3.05, 3.63) is 47.7 Å². The molecule has 6 N–H and O–H groups in total. The van der Waals surface area contributed by atoms with Crippen LogP contribution in [-0.4, -0.2) is 57.5 Å². The van der Waals surface area contributed by atoms with Crippen LogP contribution in [0.15, 0.2) is 42.1 Å². The van der Waals surface area contributed by atoms with Crippen LogP contribution in [0.25, 0.3) is 0 Å². The zero-order valence-corrected chi connectivity index (χ0v) is 14.2. The van der Waals surface area contributed by atoms with Gasteiger partial charge in [-0.25, -0.2) is 9.59 Å². The van der Waals surface area contributed by atoms with Crippen LogP contribution in [0.2, 0.25) is 0 Å². The summed E-state index contributed by atoms with van der Waals surface area (Å²) in [6.45, 7) is 0.179. The first-order chi connectivity index (χ1) is 12.8. The Balaban J connectivity index is 1.91. The molecule has 10 heteroatoms. The fourth-order valence-electron chi connectivity index (χ4n) is 2.30. The number of carbonyl (C=O) groups is 3. The van der Waals surface area contributed by atoms with Crippen molar-refractivity contribution in [1.82, 2.24) is 10.2 Å². The number of nitrogens with one attached hydrogen (secondary N) is 1. The second-order valence-electron chi connectivity index (χ2n) is 5.75. The van der Waals surface area contributed by atoms with Gasteiger partial charge in [-0.15, -0.1) is 0 Å². The summed E-state index contributed by atoms with van der Waals surface area (Å²) in [4.78, 5) is 35.9. The average molecular weight is 377 g/mol. The Morgan fingerprint density at radius 2 is 2.00 bits per heavy atom. The molecule has 0 bridgehead atoms. The molecule has 0 fully saturated rings. The molecule has 1 unspecified atom stereocenters. The van der Waals surface area contributed by atoms with Crippen LogP contribution in [0.4, 0.5) is 4.79 Å². The van der Waals surface area contributed by atoms with E-state index >= 15 is 0 Å². The SMILES string of the molecule is NC(=O)C1=CN(COC(=O)NC(Cc2ccc(O)c(O)c2)C(=O)O)CC=C1. The summed E-state index contributed by atoms with van der Waals surface area (Å²) in [6.07, 6.45) is 3.56. The summed E-state index contributed by atoms with van der Waals surface area (Å²) in [5.41, 5.74) is 5.82. The van der Waals surface area contributed by atoms with Gasteiger partial charge in [0, 0.05) is 19.2 Å². The molecule has 1 aliphatic heterocycles. The van der Waals surface area contributed by atoms with Crippen molar-refractivity contribution >= 4 is 18.0 Å². The standard InChI is InChI=1S/C17H19N3O7/c18-15(23)11-2-1-5-20(8-11)9-27-17(26)19-12(16(24)25)6-10-3-4-13(21)14(22)7-10/h1-4,7-8,12,21-22H,5-6,9H2,(H2,18,23)(H,19,26)(H,24,25). The Morgan fingerprint density at radius 1 is 1.26 bits per heavy atom. The van der Waals surface area contributed by atoms with E-state index in [4.69, 9.17) is 10.5 Å². The Kier molecular flexibility index (Phi) is 6.26. The lowest BCUT2D eigenvalue weighted by Crippen LogP contribution is -2.43. The molecule has 27 heavy (non-hydrogen) atoms. The molecule has 0 radical (unpaired) electrons. The third-order valence-electron chi connectivity index (χ3n) is 3.67. The maximum absolute atomic E-state index is 11.9. The summed E-state index contributed by atoms with van der Waals surface area (Å²) in [7, 11) is 0. The fraction of sp³-hybridized carbons (Fsp3) is 0.235. The molecule has 0 spiro atoms. The van der Waals surface area contributed by atoms with E-state index in [1.807, 2.05) is 0 Å². The number of rotatable bonds is 7. The second kappa shape index (κ2) is 8.61. The highest BCUT2D eigenvalue weighted by molar-refractivity contribution is 5.94. The number of primary amides is 1. The first-order valence-corrected chi connectivity index (χ1v) is 7.85. The number of hydrogen-bond donors (Lipinski definition) is 5. The monoisotopic (exact) mass is 377 g/mol. The van der Waals surface area contributed by atoms with Gasteiger partial charge in [-0.3, -0.25) is 4.79 Å². The topological polar surface area (TPSA) is 162 Å². The van der Waals surface area contributed by atoms with E-state index in [0.717, 1.165) is 0 Å². The normalized spacial score (nSPS) is 14.2. The minimum atomic E-state index is -1.31. The number of amides is 2. The van der Waals surface area contributed by atoms with E-state index in [1.165, 1.54) is 29.3 Å². The van der Waals surface area contributed by atoms with Crippen molar-refractivity contribution < 1.29 is 34.4 Å². The van der Waals surface area contributed by atoms with Crippen LogP contribution in [0.1, 0.15) is 5.56 Å². The van der Waals surface area contributed by atoms with Crippen LogP contribution in [0, 0.1) is 0 Å². The van der Waals surface area contributed by atoms with Crippen LogP contribution >= 0.6 is 0 Å². The summed E-state index contributed by atoms with van der Waals surface area (Å²) in [6, 6.07) is 2.54. The Hall–Kier alpha value is -3.69. The average Bonchev–Trinajstić information content (AvgIpc) is 2.62. The number of carbonyl (C=O) groups excluding carboxylic acids is 2. The van der Waals surface area contributed by atoms with Gasteiger partial charge >= 0.3 is 12.1 Å². The number of alkyl carbamates (subject to hydrolysis) is 1. The van der Waals surface area contributed by atoms with Crippen molar-refractivity contribution in [2.75, 3.05) is 13.3 Å². The number of phenols is 2. The molecule has 144 valence electrons. The predicted molar refractivity (Wildman–Crippen MR) is 92.5 cm³/mol. The van der Waals surface area contributed by atoms with Gasteiger partial charge in [-0.1, -0.05) is 18.2 Å². The number of phenolic OH excluding ortho intramolecular Hbond substituents is 2. The van der Waals surface area contributed by atoms with Crippen molar-refractivity contribution in [1.29, 1.82) is 0 Å². The molecular formula is C17H19N3O7. The van der Waals surface area contributed by atoms with Gasteiger partial charge in [0.05, 0.1) is 5.57 Å². The van der Waals surface area contributed by atoms with E-state index in [2.05, 4.69) is 5.32 Å². The molecule has 10 nitrogen and oxygen atoms in total. The number of hydrogen-bond acceptors (Lipinski definition) is 7. The number of ether oxygens (including phenoxy) is 1. The highest BCUT2D eigenvalue weighted by Crippen LogP contribution is 2.25. The van der Waals surface area contributed by atoms with Gasteiger partial charge < -0.3 is 36.0 Å². The van der Waals surface area contributed by atoms with E-state index in [1.54, 1.807) is 12.2 Å². The molecular weight excluding hydrogens is 358 g/mol. The van der Waals surface area contributed by atoms with Crippen LogP contribution < -0.4 is 11.1 Å². The summed E-state index contributed by atoms with van der Waals surface area (Å²) in [5.74, 6) is -2.65. The van der Waals surface area contributed by atoms with Crippen molar-refractivity contribution in [2.24, 2.45) is 5.73 Å². The minimum Gasteiger partial charge on any atom is -0.504 e. The largest absolute Gasteiger partial charge is 0.504 e. The molecule has 0 saturated carbocycles. The van der Waals surface area contributed by atoms with E-state index in [9.17, 15) is 29.7 Å². The molecule has 1 aliphatic rings. The lowest BCUT2D eigenvalue weighted by molar-refractivity contribution is -0.139. The second-order valence-corrected chi connectivity index (χ2v) is 5.75. The molecule has 2 amide bonds. The highest BCUT2D eigenvalue weighted by Gasteiger charge is 2.22. The zero-order chi connectivity index (χ0) is 20.0. The van der Waals surface area contributed by atoms with Crippen molar-refractivity contribution in [3.63, 3.8) is 0 Å². The molecule has 0 saturated heterocycles. The predicted octanol–water partition coefficient (Wildman–Crippen LogP) is 0.0182. The van der Waals surface area contributed by atoms with Gasteiger partial charge in [-0.05, 0) is 17.7 Å². The van der Waals surface area contributed by atoms with Gasteiger partial charge in [0.25, 0.3) is 0 Å². The number of aromatic hydroxyl groups is 2. The third-order valence-corrected chi connectivity index (χ3v) is 3.67. The first kappa shape index (κ1) is 19.6. The van der Waals surface area contributed by atoms with Crippen molar-refractivity contribution in [3.8, 4) is 11.5 Å². The molecule has 1 heterocycles. The molecule has 0 aliphatic carbocycles. The number of benzene rings is 1. The number of carboxylic acids is 1. The Bertz CT molecular complexity index is 804. The molecule has 1 aromatic carbocycles. The molecule has 1 aromatic rings. The Morgan fingerprint density at radius 3 is 2.63 bits per heavy atom. The molecule has 1 atom stereocenters. The van der Waals surface area contributed by atoms with Crippen molar-refractivity contribution in [2.45, 2.75) is 12.5 Å². The van der Waals surface area contributed by atoms with Crippen LogP contribution in [-0.2, 0) is 20.7 Å². The summed E-state index contributed by atoms with van der Waals surface area (Å²) < 4.78 is 4.96. The lowest BCUT2D eigenvalue weighted by atomic mass is 10.1. The van der Waals surface area contributed by atoms with Gasteiger partial charge in [0.15, 0.2) is 18.2 Å². The fourth-order valence-corrected chi connectivity index (χ4v) is 2.30. The quantitative estimate of drug-likeness (QED) is 0.415. The van der Waals surface area contributed by atoms with Gasteiger partial charge in [0.2, 0.25) is 5.91 Å². The maximum atomic E-state index is 11.9. The zero-order valence-electron chi connectivity index (χ0n) is 14.2. The van der Waals surface area contributed by atoms with Gasteiger partial charge in [-0.2, -0.15) is 0 Å². The first-order valence-electron chi connectivity index (χ1n) is 7.85. The summed E-state index contributed by atoms with van der Waals surface area (Å²) >= 11 is 0. The number of nitrogens with zero attached hydrogens (tertiary/aromatic N) is 1. The van der Waals surface area contributed by atoms with E-state index in [-0.39, 0.29) is 24.5 Å². The minimum absolute atomic E-state index is 0.129. The van der Waals surface area contributed by atoms with Crippen LogP contribution in [0.3, 0.4) is 0 Å². The number of nitrogens with two attached hydrogens (primary N) is 1. The molecule has 0 aromatic heterocycles. The number of aliphatic carboxylic acids is 1.